The quantitative estimate of drug-likeness (QED) is 0.742. The Labute approximate surface area is 127 Å². The molecule has 0 heterocycles. The van der Waals surface area contributed by atoms with Gasteiger partial charge in [0.05, 0.1) is 6.61 Å². The van der Waals surface area contributed by atoms with Crippen LogP contribution in [0.15, 0.2) is 22.7 Å². The number of rotatable bonds is 6. The summed E-state index contributed by atoms with van der Waals surface area (Å²) in [5, 5.41) is 0. The number of aryl methyl sites for hydroxylation is 1. The molecule has 0 aliphatic rings. The van der Waals surface area contributed by atoms with Gasteiger partial charge in [0.1, 0.15) is 12.3 Å². The van der Waals surface area contributed by atoms with Crippen LogP contribution in [0.5, 0.6) is 5.75 Å². The fourth-order valence-corrected chi connectivity index (χ4v) is 1.70. The lowest BCUT2D eigenvalue weighted by Gasteiger charge is -2.16. The molecule has 0 aliphatic carbocycles. The first-order valence-electron chi connectivity index (χ1n) is 6.22. The highest BCUT2D eigenvalue weighted by Gasteiger charge is 2.14. The zero-order valence-electron chi connectivity index (χ0n) is 11.8. The summed E-state index contributed by atoms with van der Waals surface area (Å²) in [6.07, 6.45) is 0. The van der Waals surface area contributed by atoms with Crippen molar-refractivity contribution in [2.45, 2.75) is 13.8 Å². The standard InChI is InChI=1S/C14H18BrNO4/c1-4-19-14(18)8-16(3)13(17)9-20-11-5-6-12(15)10(2)7-11/h5-7H,4,8-9H2,1-3H3. The van der Waals surface area contributed by atoms with Crippen molar-refractivity contribution in [3.05, 3.63) is 28.2 Å². The van der Waals surface area contributed by atoms with Gasteiger partial charge in [-0.1, -0.05) is 15.9 Å². The fourth-order valence-electron chi connectivity index (χ4n) is 1.45. The number of benzene rings is 1. The summed E-state index contributed by atoms with van der Waals surface area (Å²) in [4.78, 5) is 24.3. The van der Waals surface area contributed by atoms with E-state index in [0.29, 0.717) is 12.4 Å². The summed E-state index contributed by atoms with van der Waals surface area (Å²) < 4.78 is 11.2. The maximum atomic E-state index is 11.8. The molecule has 110 valence electrons. The third-order valence-electron chi connectivity index (χ3n) is 2.59. The Morgan fingerprint density at radius 2 is 2.05 bits per heavy atom. The average molecular weight is 344 g/mol. The normalized spacial score (nSPS) is 10.0. The largest absolute Gasteiger partial charge is 0.484 e. The Morgan fingerprint density at radius 3 is 2.65 bits per heavy atom. The first kappa shape index (κ1) is 16.5. The number of esters is 1. The molecule has 1 aromatic rings. The number of halogens is 1. The molecule has 20 heavy (non-hydrogen) atoms. The molecular weight excluding hydrogens is 326 g/mol. The van der Waals surface area contributed by atoms with Crippen LogP contribution in [0, 0.1) is 6.92 Å². The SMILES string of the molecule is CCOC(=O)CN(C)C(=O)COc1ccc(Br)c(C)c1. The van der Waals surface area contributed by atoms with Crippen molar-refractivity contribution < 1.29 is 19.1 Å². The van der Waals surface area contributed by atoms with E-state index in [0.717, 1.165) is 10.0 Å². The zero-order valence-corrected chi connectivity index (χ0v) is 13.4. The molecule has 0 unspecified atom stereocenters. The lowest BCUT2D eigenvalue weighted by atomic mass is 10.2. The molecule has 0 fully saturated rings. The van der Waals surface area contributed by atoms with E-state index in [1.165, 1.54) is 11.9 Å². The minimum Gasteiger partial charge on any atom is -0.484 e. The number of amides is 1. The fraction of sp³-hybridized carbons (Fsp3) is 0.429. The average Bonchev–Trinajstić information content (AvgIpc) is 2.39. The second kappa shape index (κ2) is 7.89. The number of carbonyl (C=O) groups is 2. The molecule has 0 saturated heterocycles. The highest BCUT2D eigenvalue weighted by atomic mass is 79.9. The van der Waals surface area contributed by atoms with E-state index in [9.17, 15) is 9.59 Å². The van der Waals surface area contributed by atoms with Gasteiger partial charge in [0.25, 0.3) is 5.91 Å². The Hall–Kier alpha value is -1.56. The Kier molecular flexibility index (Phi) is 6.51. The summed E-state index contributed by atoms with van der Waals surface area (Å²) in [6, 6.07) is 5.47. The van der Waals surface area contributed by atoms with Gasteiger partial charge in [0.2, 0.25) is 0 Å². The second-order valence-corrected chi connectivity index (χ2v) is 5.11. The van der Waals surface area contributed by atoms with Crippen molar-refractivity contribution in [2.24, 2.45) is 0 Å². The highest BCUT2D eigenvalue weighted by molar-refractivity contribution is 9.10. The van der Waals surface area contributed by atoms with Crippen molar-refractivity contribution in [2.75, 3.05) is 26.8 Å². The highest BCUT2D eigenvalue weighted by Crippen LogP contribution is 2.21. The van der Waals surface area contributed by atoms with Crippen molar-refractivity contribution in [1.29, 1.82) is 0 Å². The van der Waals surface area contributed by atoms with E-state index in [-0.39, 0.29) is 19.1 Å². The number of hydrogen-bond donors (Lipinski definition) is 0. The van der Waals surface area contributed by atoms with Crippen molar-refractivity contribution in [1.82, 2.24) is 4.90 Å². The van der Waals surface area contributed by atoms with Crippen LogP contribution in [0.25, 0.3) is 0 Å². The van der Waals surface area contributed by atoms with Gasteiger partial charge in [-0.3, -0.25) is 9.59 Å². The van der Waals surface area contributed by atoms with E-state index in [1.54, 1.807) is 13.0 Å². The molecule has 1 amide bonds. The third kappa shape index (κ3) is 5.21. The second-order valence-electron chi connectivity index (χ2n) is 4.25. The predicted octanol–water partition coefficient (Wildman–Crippen LogP) is 2.16. The maximum absolute atomic E-state index is 11.8. The topological polar surface area (TPSA) is 55.8 Å². The van der Waals surface area contributed by atoms with Gasteiger partial charge in [0, 0.05) is 11.5 Å². The van der Waals surface area contributed by atoms with Crippen molar-refractivity contribution in [3.63, 3.8) is 0 Å². The monoisotopic (exact) mass is 343 g/mol. The minimum absolute atomic E-state index is 0.0740. The van der Waals surface area contributed by atoms with Crippen LogP contribution in [0.2, 0.25) is 0 Å². The predicted molar refractivity (Wildman–Crippen MR) is 78.6 cm³/mol. The molecule has 0 aliphatic heterocycles. The number of nitrogens with zero attached hydrogens (tertiary/aromatic N) is 1. The third-order valence-corrected chi connectivity index (χ3v) is 3.48. The molecule has 6 heteroatoms. The number of ether oxygens (including phenoxy) is 2. The van der Waals surface area contributed by atoms with Crippen LogP contribution in [0.4, 0.5) is 0 Å². The molecule has 0 bridgehead atoms. The van der Waals surface area contributed by atoms with Crippen molar-refractivity contribution >= 4 is 27.8 Å². The van der Waals surface area contributed by atoms with Gasteiger partial charge < -0.3 is 14.4 Å². The zero-order chi connectivity index (χ0) is 15.1. The molecule has 1 aromatic carbocycles. The minimum atomic E-state index is -0.428. The van der Waals surface area contributed by atoms with Crippen LogP contribution in [0.3, 0.4) is 0 Å². The molecule has 0 N–H and O–H groups in total. The van der Waals surface area contributed by atoms with Gasteiger partial charge in [-0.2, -0.15) is 0 Å². The van der Waals surface area contributed by atoms with Crippen LogP contribution < -0.4 is 4.74 Å². The van der Waals surface area contributed by atoms with Gasteiger partial charge in [-0.15, -0.1) is 0 Å². The first-order valence-corrected chi connectivity index (χ1v) is 7.02. The van der Waals surface area contributed by atoms with E-state index in [1.807, 2.05) is 19.1 Å². The molecule has 0 atom stereocenters. The molecule has 0 saturated carbocycles. The Balaban J connectivity index is 2.46. The van der Waals surface area contributed by atoms with E-state index < -0.39 is 5.97 Å². The van der Waals surface area contributed by atoms with E-state index >= 15 is 0 Å². The number of carbonyl (C=O) groups excluding carboxylic acids is 2. The van der Waals surface area contributed by atoms with E-state index in [4.69, 9.17) is 9.47 Å². The van der Waals surface area contributed by atoms with Gasteiger partial charge in [-0.05, 0) is 37.6 Å². The van der Waals surface area contributed by atoms with E-state index in [2.05, 4.69) is 15.9 Å². The Morgan fingerprint density at radius 1 is 1.35 bits per heavy atom. The maximum Gasteiger partial charge on any atom is 0.325 e. The summed E-state index contributed by atoms with van der Waals surface area (Å²) in [7, 11) is 1.54. The number of hydrogen-bond acceptors (Lipinski definition) is 4. The van der Waals surface area contributed by atoms with Gasteiger partial charge >= 0.3 is 5.97 Å². The molecule has 0 aromatic heterocycles. The molecule has 0 radical (unpaired) electrons. The lowest BCUT2D eigenvalue weighted by Crippen LogP contribution is -2.36. The van der Waals surface area contributed by atoms with Crippen LogP contribution in [-0.2, 0) is 14.3 Å². The summed E-state index contributed by atoms with van der Waals surface area (Å²) in [5.41, 5.74) is 1.02. The molecular formula is C14H18BrNO4. The van der Waals surface area contributed by atoms with Crippen LogP contribution in [0.1, 0.15) is 12.5 Å². The first-order chi connectivity index (χ1) is 9.43. The van der Waals surface area contributed by atoms with Crippen LogP contribution in [-0.4, -0.2) is 43.6 Å². The van der Waals surface area contributed by atoms with Gasteiger partial charge in [-0.25, -0.2) is 0 Å². The van der Waals surface area contributed by atoms with Crippen LogP contribution >= 0.6 is 15.9 Å². The number of likely N-dealkylation sites (N-methyl/N-ethyl adjacent to an activating group) is 1. The molecule has 1 rings (SSSR count). The lowest BCUT2D eigenvalue weighted by molar-refractivity contribution is -0.148. The van der Waals surface area contributed by atoms with Crippen molar-refractivity contribution in [3.8, 4) is 5.75 Å². The van der Waals surface area contributed by atoms with Gasteiger partial charge in [0.15, 0.2) is 6.61 Å². The molecule has 0 spiro atoms. The summed E-state index contributed by atoms with van der Waals surface area (Å²) >= 11 is 3.39. The smallest absolute Gasteiger partial charge is 0.325 e. The molecule has 5 nitrogen and oxygen atoms in total. The Bertz CT molecular complexity index is 490. The summed E-state index contributed by atoms with van der Waals surface area (Å²) in [5.74, 6) is -0.0926. The summed E-state index contributed by atoms with van der Waals surface area (Å²) in [6.45, 7) is 3.77.